The van der Waals surface area contributed by atoms with Crippen LogP contribution in [0.2, 0.25) is 0 Å². The van der Waals surface area contributed by atoms with Gasteiger partial charge in [0.05, 0.1) is 5.75 Å². The SMILES string of the molecule is CCNS(=O)(=O)CCNC1CC(NC(=O)OC(C)(C)C)C1. The summed E-state index contributed by atoms with van der Waals surface area (Å²) >= 11 is 0. The van der Waals surface area contributed by atoms with Crippen molar-refractivity contribution in [3.05, 3.63) is 0 Å². The van der Waals surface area contributed by atoms with Crippen molar-refractivity contribution in [2.75, 3.05) is 18.8 Å². The molecule has 7 nitrogen and oxygen atoms in total. The van der Waals surface area contributed by atoms with E-state index in [9.17, 15) is 13.2 Å². The van der Waals surface area contributed by atoms with Crippen molar-refractivity contribution in [2.24, 2.45) is 0 Å². The fraction of sp³-hybridized carbons (Fsp3) is 0.923. The molecule has 0 aromatic heterocycles. The predicted octanol–water partition coefficient (Wildman–Crippen LogP) is 0.571. The molecule has 0 spiro atoms. The molecule has 1 saturated carbocycles. The number of amides is 1. The molecule has 0 aromatic rings. The lowest BCUT2D eigenvalue weighted by Crippen LogP contribution is -2.53. The fourth-order valence-corrected chi connectivity index (χ4v) is 3.04. The molecular weight excluding hydrogens is 294 g/mol. The first-order valence-electron chi connectivity index (χ1n) is 7.31. The van der Waals surface area contributed by atoms with E-state index in [4.69, 9.17) is 4.74 Å². The van der Waals surface area contributed by atoms with Gasteiger partial charge in [-0.2, -0.15) is 0 Å². The summed E-state index contributed by atoms with van der Waals surface area (Å²) in [5, 5.41) is 5.97. The number of ether oxygens (including phenoxy) is 1. The molecule has 0 aliphatic heterocycles. The smallest absolute Gasteiger partial charge is 0.407 e. The molecule has 1 amide bonds. The highest BCUT2D eigenvalue weighted by atomic mass is 32.2. The van der Waals surface area contributed by atoms with Gasteiger partial charge in [0.25, 0.3) is 0 Å². The Kier molecular flexibility index (Phi) is 6.42. The topological polar surface area (TPSA) is 96.5 Å². The van der Waals surface area contributed by atoms with Crippen LogP contribution in [0.5, 0.6) is 0 Å². The molecule has 0 radical (unpaired) electrons. The minimum atomic E-state index is -3.17. The summed E-state index contributed by atoms with van der Waals surface area (Å²) < 4.78 is 30.5. The first-order valence-corrected chi connectivity index (χ1v) is 8.97. The quantitative estimate of drug-likeness (QED) is 0.637. The Bertz CT molecular complexity index is 439. The van der Waals surface area contributed by atoms with Gasteiger partial charge in [-0.1, -0.05) is 6.92 Å². The maximum absolute atomic E-state index is 11.5. The molecule has 1 rings (SSSR count). The molecule has 0 saturated heterocycles. The van der Waals surface area contributed by atoms with Crippen molar-refractivity contribution in [1.82, 2.24) is 15.4 Å². The van der Waals surface area contributed by atoms with Crippen molar-refractivity contribution in [3.8, 4) is 0 Å². The van der Waals surface area contributed by atoms with E-state index in [0.717, 1.165) is 12.8 Å². The van der Waals surface area contributed by atoms with Gasteiger partial charge < -0.3 is 15.4 Å². The van der Waals surface area contributed by atoms with Crippen LogP contribution in [0.4, 0.5) is 4.79 Å². The molecule has 8 heteroatoms. The average Bonchev–Trinajstić information content (AvgIpc) is 2.22. The van der Waals surface area contributed by atoms with Gasteiger partial charge in [-0.05, 0) is 33.6 Å². The lowest BCUT2D eigenvalue weighted by Gasteiger charge is -2.36. The molecule has 0 heterocycles. The molecule has 0 unspecified atom stereocenters. The summed E-state index contributed by atoms with van der Waals surface area (Å²) in [6.45, 7) is 8.05. The molecular formula is C13H27N3O4S. The molecule has 0 atom stereocenters. The third-order valence-electron chi connectivity index (χ3n) is 3.03. The first-order chi connectivity index (χ1) is 9.61. The van der Waals surface area contributed by atoms with Crippen LogP contribution in [0.15, 0.2) is 0 Å². The summed E-state index contributed by atoms with van der Waals surface area (Å²) in [4.78, 5) is 11.5. The second-order valence-corrected chi connectivity index (χ2v) is 8.21. The van der Waals surface area contributed by atoms with Gasteiger partial charge >= 0.3 is 6.09 Å². The van der Waals surface area contributed by atoms with Crippen LogP contribution in [0.3, 0.4) is 0 Å². The summed E-state index contributed by atoms with van der Waals surface area (Å²) in [6.07, 6.45) is 1.18. The van der Waals surface area contributed by atoms with Gasteiger partial charge in [-0.15, -0.1) is 0 Å². The van der Waals surface area contributed by atoms with Crippen molar-refractivity contribution < 1.29 is 17.9 Å². The van der Waals surface area contributed by atoms with Crippen LogP contribution in [0, 0.1) is 0 Å². The third kappa shape index (κ3) is 7.63. The minimum Gasteiger partial charge on any atom is -0.444 e. The van der Waals surface area contributed by atoms with E-state index in [1.54, 1.807) is 6.92 Å². The maximum atomic E-state index is 11.5. The van der Waals surface area contributed by atoms with E-state index in [1.165, 1.54) is 0 Å². The van der Waals surface area contributed by atoms with Crippen LogP contribution in [0.25, 0.3) is 0 Å². The molecule has 21 heavy (non-hydrogen) atoms. The Morgan fingerprint density at radius 3 is 2.38 bits per heavy atom. The Hall–Kier alpha value is -0.860. The van der Waals surface area contributed by atoms with Crippen LogP contribution < -0.4 is 15.4 Å². The Balaban J connectivity index is 2.13. The van der Waals surface area contributed by atoms with E-state index in [2.05, 4.69) is 15.4 Å². The third-order valence-corrected chi connectivity index (χ3v) is 4.50. The number of sulfonamides is 1. The van der Waals surface area contributed by atoms with Crippen LogP contribution in [-0.4, -0.2) is 51.0 Å². The number of carbonyl (C=O) groups is 1. The standard InChI is InChI=1S/C13H27N3O4S/c1-5-15-21(18,19)7-6-14-10-8-11(9-10)16-12(17)20-13(2,3)4/h10-11,14-15H,5-9H2,1-4H3,(H,16,17). The zero-order valence-electron chi connectivity index (χ0n) is 13.2. The van der Waals surface area contributed by atoms with E-state index in [1.807, 2.05) is 20.8 Å². The lowest BCUT2D eigenvalue weighted by atomic mass is 9.87. The summed E-state index contributed by atoms with van der Waals surface area (Å²) in [6, 6.07) is 0.351. The van der Waals surface area contributed by atoms with Crippen LogP contribution >= 0.6 is 0 Å². The Labute approximate surface area is 127 Å². The van der Waals surface area contributed by atoms with Crippen molar-refractivity contribution in [2.45, 2.75) is 58.2 Å². The fourth-order valence-electron chi connectivity index (χ4n) is 2.07. The highest BCUT2D eigenvalue weighted by Gasteiger charge is 2.31. The second kappa shape index (κ2) is 7.42. The number of nitrogens with one attached hydrogen (secondary N) is 3. The van der Waals surface area contributed by atoms with Gasteiger partial charge in [0, 0.05) is 25.2 Å². The van der Waals surface area contributed by atoms with Gasteiger partial charge in [-0.25, -0.2) is 17.9 Å². The predicted molar refractivity (Wildman–Crippen MR) is 81.6 cm³/mol. The molecule has 0 aromatic carbocycles. The summed E-state index contributed by atoms with van der Waals surface area (Å²) in [5.41, 5.74) is -0.494. The van der Waals surface area contributed by atoms with Gasteiger partial charge in [-0.3, -0.25) is 0 Å². The minimum absolute atomic E-state index is 0.0709. The summed E-state index contributed by atoms with van der Waals surface area (Å²) in [5.74, 6) is 0.0709. The number of hydrogen-bond acceptors (Lipinski definition) is 5. The lowest BCUT2D eigenvalue weighted by molar-refractivity contribution is 0.0466. The van der Waals surface area contributed by atoms with E-state index in [-0.39, 0.29) is 17.8 Å². The van der Waals surface area contributed by atoms with Gasteiger partial charge in [0.1, 0.15) is 5.60 Å². The molecule has 1 aliphatic rings. The summed E-state index contributed by atoms with van der Waals surface area (Å²) in [7, 11) is -3.17. The van der Waals surface area contributed by atoms with Crippen LogP contribution in [-0.2, 0) is 14.8 Å². The highest BCUT2D eigenvalue weighted by molar-refractivity contribution is 7.89. The first kappa shape index (κ1) is 18.2. The van der Waals surface area contributed by atoms with Crippen LogP contribution in [0.1, 0.15) is 40.5 Å². The van der Waals surface area contributed by atoms with E-state index in [0.29, 0.717) is 13.1 Å². The maximum Gasteiger partial charge on any atom is 0.407 e. The second-order valence-electron chi connectivity index (χ2n) is 6.28. The van der Waals surface area contributed by atoms with Gasteiger partial charge in [0.15, 0.2) is 0 Å². The highest BCUT2D eigenvalue weighted by Crippen LogP contribution is 2.20. The van der Waals surface area contributed by atoms with Crippen molar-refractivity contribution in [3.63, 3.8) is 0 Å². The number of rotatable bonds is 7. The Morgan fingerprint density at radius 1 is 1.24 bits per heavy atom. The van der Waals surface area contributed by atoms with E-state index < -0.39 is 21.7 Å². The zero-order valence-corrected chi connectivity index (χ0v) is 14.0. The van der Waals surface area contributed by atoms with Gasteiger partial charge in [0.2, 0.25) is 10.0 Å². The van der Waals surface area contributed by atoms with Crippen molar-refractivity contribution >= 4 is 16.1 Å². The zero-order chi connectivity index (χ0) is 16.1. The molecule has 124 valence electrons. The number of carbonyl (C=O) groups excluding carboxylic acids is 1. The monoisotopic (exact) mass is 321 g/mol. The Morgan fingerprint density at radius 2 is 1.86 bits per heavy atom. The largest absolute Gasteiger partial charge is 0.444 e. The molecule has 3 N–H and O–H groups in total. The number of hydrogen-bond donors (Lipinski definition) is 3. The normalized spacial score (nSPS) is 22.5. The molecule has 1 aliphatic carbocycles. The number of alkyl carbamates (subject to hydrolysis) is 1. The average molecular weight is 321 g/mol. The molecule has 1 fully saturated rings. The van der Waals surface area contributed by atoms with Crippen molar-refractivity contribution in [1.29, 1.82) is 0 Å². The molecule has 0 bridgehead atoms. The van der Waals surface area contributed by atoms with E-state index >= 15 is 0 Å².